The maximum Gasteiger partial charge on any atom is 0.119 e. The minimum Gasteiger partial charge on any atom is -0.494 e. The van der Waals surface area contributed by atoms with Crippen LogP contribution in [0.5, 0.6) is 5.75 Å². The van der Waals surface area contributed by atoms with E-state index in [1.807, 2.05) is 42.5 Å². The summed E-state index contributed by atoms with van der Waals surface area (Å²) in [6.07, 6.45) is 4.26. The van der Waals surface area contributed by atoms with Crippen LogP contribution >= 0.6 is 11.6 Å². The topological polar surface area (TPSA) is 14.2 Å². The van der Waals surface area contributed by atoms with Gasteiger partial charge in [0.2, 0.25) is 0 Å². The first-order valence-corrected chi connectivity index (χ1v) is 7.63. The number of halogens is 1. The number of rotatable bonds is 6. The van der Waals surface area contributed by atoms with Crippen LogP contribution in [0.3, 0.4) is 0 Å². The van der Waals surface area contributed by atoms with Crippen LogP contribution in [-0.4, -0.2) is 11.2 Å². The molecule has 0 spiro atoms. The molecule has 3 heteroatoms. The Kier molecular flexibility index (Phi) is 4.46. The minimum atomic E-state index is 0.759. The molecule has 1 heterocycles. The average Bonchev–Trinajstić information content (AvgIpc) is 2.90. The second kappa shape index (κ2) is 6.68. The fourth-order valence-electron chi connectivity index (χ4n) is 2.46. The smallest absolute Gasteiger partial charge is 0.119 e. The number of nitrogens with zero attached hydrogens (tertiary/aromatic N) is 1. The molecule has 0 bridgehead atoms. The van der Waals surface area contributed by atoms with Crippen molar-refractivity contribution in [1.82, 2.24) is 4.57 Å². The third-order valence-electron chi connectivity index (χ3n) is 3.54. The molecule has 2 nitrogen and oxygen atoms in total. The Bertz CT molecular complexity index is 706. The van der Waals surface area contributed by atoms with Gasteiger partial charge in [-0.25, -0.2) is 0 Å². The van der Waals surface area contributed by atoms with Crippen molar-refractivity contribution in [2.24, 2.45) is 0 Å². The molecular formula is C18H18ClNO. The van der Waals surface area contributed by atoms with E-state index in [-0.39, 0.29) is 0 Å². The van der Waals surface area contributed by atoms with Gasteiger partial charge < -0.3 is 9.30 Å². The summed E-state index contributed by atoms with van der Waals surface area (Å²) in [6.45, 7) is 1.76. The predicted octanol–water partition coefficient (Wildman–Crippen LogP) is 5.15. The van der Waals surface area contributed by atoms with Crippen LogP contribution in [0, 0.1) is 0 Å². The normalized spacial score (nSPS) is 10.9. The summed E-state index contributed by atoms with van der Waals surface area (Å²) in [5.41, 5.74) is 1.24. The highest BCUT2D eigenvalue weighted by molar-refractivity contribution is 6.31. The molecule has 2 aromatic carbocycles. The zero-order chi connectivity index (χ0) is 14.5. The maximum absolute atomic E-state index is 6.01. The van der Waals surface area contributed by atoms with Gasteiger partial charge in [-0.3, -0.25) is 0 Å². The molecule has 0 aliphatic carbocycles. The number of unbranched alkanes of at least 4 members (excludes halogenated alkanes) is 1. The second-order valence-electron chi connectivity index (χ2n) is 5.08. The molecule has 0 amide bonds. The Balaban J connectivity index is 1.48. The van der Waals surface area contributed by atoms with Gasteiger partial charge in [0.1, 0.15) is 5.75 Å². The van der Waals surface area contributed by atoms with Gasteiger partial charge in [0.25, 0.3) is 0 Å². The molecule has 0 atom stereocenters. The van der Waals surface area contributed by atoms with Crippen molar-refractivity contribution in [2.45, 2.75) is 19.4 Å². The largest absolute Gasteiger partial charge is 0.494 e. The Morgan fingerprint density at radius 1 is 0.952 bits per heavy atom. The van der Waals surface area contributed by atoms with Gasteiger partial charge in [-0.1, -0.05) is 29.8 Å². The summed E-state index contributed by atoms with van der Waals surface area (Å²) in [5.74, 6) is 0.943. The third kappa shape index (κ3) is 3.59. The van der Waals surface area contributed by atoms with Crippen LogP contribution < -0.4 is 4.74 Å². The van der Waals surface area contributed by atoms with E-state index in [9.17, 15) is 0 Å². The molecule has 0 N–H and O–H groups in total. The van der Waals surface area contributed by atoms with Crippen LogP contribution in [-0.2, 0) is 6.54 Å². The van der Waals surface area contributed by atoms with E-state index in [0.29, 0.717) is 0 Å². The fraction of sp³-hybridized carbons (Fsp3) is 0.222. The van der Waals surface area contributed by atoms with Crippen molar-refractivity contribution >= 4 is 22.5 Å². The summed E-state index contributed by atoms with van der Waals surface area (Å²) in [6, 6.07) is 18.1. The Morgan fingerprint density at radius 3 is 2.67 bits per heavy atom. The highest BCUT2D eigenvalue weighted by Gasteiger charge is 2.01. The van der Waals surface area contributed by atoms with Crippen LogP contribution in [0.25, 0.3) is 10.9 Å². The van der Waals surface area contributed by atoms with Crippen molar-refractivity contribution in [3.8, 4) is 5.75 Å². The van der Waals surface area contributed by atoms with Crippen LogP contribution in [0.4, 0.5) is 0 Å². The number of benzene rings is 2. The molecule has 108 valence electrons. The summed E-state index contributed by atoms with van der Waals surface area (Å²) in [7, 11) is 0. The molecule has 0 saturated carbocycles. The van der Waals surface area contributed by atoms with Crippen LogP contribution in [0.15, 0.2) is 60.8 Å². The van der Waals surface area contributed by atoms with E-state index in [1.54, 1.807) is 0 Å². The molecule has 0 radical (unpaired) electrons. The molecule has 0 fully saturated rings. The molecule has 3 rings (SSSR count). The minimum absolute atomic E-state index is 0.759. The van der Waals surface area contributed by atoms with Gasteiger partial charge in [0.15, 0.2) is 0 Å². The van der Waals surface area contributed by atoms with Gasteiger partial charge >= 0.3 is 0 Å². The fourth-order valence-corrected chi connectivity index (χ4v) is 2.64. The van der Waals surface area contributed by atoms with Crippen molar-refractivity contribution in [3.63, 3.8) is 0 Å². The number of aryl methyl sites for hydroxylation is 1. The summed E-state index contributed by atoms with van der Waals surface area (Å²) in [4.78, 5) is 0. The first kappa shape index (κ1) is 14.0. The summed E-state index contributed by atoms with van der Waals surface area (Å²) in [5, 5.41) is 1.99. The molecule has 3 aromatic rings. The Hall–Kier alpha value is -1.93. The number of aromatic nitrogens is 1. The monoisotopic (exact) mass is 299 g/mol. The first-order chi connectivity index (χ1) is 10.3. The van der Waals surface area contributed by atoms with E-state index >= 15 is 0 Å². The number of ether oxygens (including phenoxy) is 1. The molecule has 1 aromatic heterocycles. The molecule has 0 aliphatic heterocycles. The van der Waals surface area contributed by atoms with E-state index in [1.165, 1.54) is 10.9 Å². The van der Waals surface area contributed by atoms with Crippen molar-refractivity contribution in [1.29, 1.82) is 0 Å². The number of para-hydroxylation sites is 1. The Labute approximate surface area is 129 Å². The number of hydrogen-bond acceptors (Lipinski definition) is 1. The lowest BCUT2D eigenvalue weighted by Crippen LogP contribution is -2.01. The van der Waals surface area contributed by atoms with Gasteiger partial charge in [-0.15, -0.1) is 0 Å². The lowest BCUT2D eigenvalue weighted by molar-refractivity contribution is 0.303. The van der Waals surface area contributed by atoms with Gasteiger partial charge in [0, 0.05) is 28.7 Å². The second-order valence-corrected chi connectivity index (χ2v) is 5.52. The summed E-state index contributed by atoms with van der Waals surface area (Å²) >= 11 is 6.01. The summed E-state index contributed by atoms with van der Waals surface area (Å²) < 4.78 is 7.97. The molecule has 0 unspecified atom stereocenters. The molecular weight excluding hydrogens is 282 g/mol. The zero-order valence-corrected chi connectivity index (χ0v) is 12.6. The predicted molar refractivity (Wildman–Crippen MR) is 88.1 cm³/mol. The Morgan fingerprint density at radius 2 is 1.81 bits per heavy atom. The highest BCUT2D eigenvalue weighted by atomic mass is 35.5. The highest BCUT2D eigenvalue weighted by Crippen LogP contribution is 2.21. The number of hydrogen-bond donors (Lipinski definition) is 0. The van der Waals surface area contributed by atoms with E-state index in [0.717, 1.165) is 36.8 Å². The molecule has 0 aliphatic rings. The van der Waals surface area contributed by atoms with E-state index < -0.39 is 0 Å². The van der Waals surface area contributed by atoms with E-state index in [2.05, 4.69) is 22.9 Å². The third-order valence-corrected chi connectivity index (χ3v) is 3.77. The van der Waals surface area contributed by atoms with Crippen molar-refractivity contribution in [2.75, 3.05) is 6.61 Å². The average molecular weight is 300 g/mol. The number of fused-ring (bicyclic) bond motifs is 1. The molecule has 0 saturated heterocycles. The van der Waals surface area contributed by atoms with Crippen molar-refractivity contribution in [3.05, 3.63) is 65.8 Å². The van der Waals surface area contributed by atoms with Crippen LogP contribution in [0.2, 0.25) is 5.02 Å². The zero-order valence-electron chi connectivity index (χ0n) is 11.8. The SMILES string of the molecule is Clc1ccc2c(ccn2CCCCOc2ccccc2)c1. The lowest BCUT2D eigenvalue weighted by atomic mass is 10.2. The van der Waals surface area contributed by atoms with Crippen molar-refractivity contribution < 1.29 is 4.74 Å². The van der Waals surface area contributed by atoms with E-state index in [4.69, 9.17) is 16.3 Å². The standard InChI is InChI=1S/C18H18ClNO/c19-16-8-9-18-15(14-16)10-12-20(18)11-4-5-13-21-17-6-2-1-3-7-17/h1-3,6-10,12,14H,4-5,11,13H2. The molecule has 21 heavy (non-hydrogen) atoms. The van der Waals surface area contributed by atoms with Gasteiger partial charge in [-0.2, -0.15) is 0 Å². The first-order valence-electron chi connectivity index (χ1n) is 7.25. The van der Waals surface area contributed by atoms with Gasteiger partial charge in [0.05, 0.1) is 6.61 Å². The van der Waals surface area contributed by atoms with Crippen LogP contribution in [0.1, 0.15) is 12.8 Å². The van der Waals surface area contributed by atoms with Gasteiger partial charge in [-0.05, 0) is 49.2 Å². The quantitative estimate of drug-likeness (QED) is 0.574. The lowest BCUT2D eigenvalue weighted by Gasteiger charge is -2.07. The maximum atomic E-state index is 6.01.